The lowest BCUT2D eigenvalue weighted by Crippen LogP contribution is -2.20. The van der Waals surface area contributed by atoms with Crippen LogP contribution in [0.4, 0.5) is 0 Å². The molecule has 1 aromatic rings. The normalized spacial score (nSPS) is 15.4. The Hall–Kier alpha value is -2.74. The van der Waals surface area contributed by atoms with Gasteiger partial charge in [0, 0.05) is 22.3 Å². The molecule has 0 radical (unpaired) electrons. The molecule has 1 aliphatic rings. The summed E-state index contributed by atoms with van der Waals surface area (Å²) in [7, 11) is 0. The second kappa shape index (κ2) is 11.6. The van der Waals surface area contributed by atoms with Gasteiger partial charge in [-0.15, -0.1) is 0 Å². The predicted molar refractivity (Wildman–Crippen MR) is 132 cm³/mol. The van der Waals surface area contributed by atoms with Crippen LogP contribution in [0.1, 0.15) is 94.4 Å². The third kappa shape index (κ3) is 7.17. The van der Waals surface area contributed by atoms with Crippen LogP contribution in [0.25, 0.3) is 0 Å². The van der Waals surface area contributed by atoms with Gasteiger partial charge in [0.1, 0.15) is 0 Å². The van der Waals surface area contributed by atoms with E-state index in [0.717, 1.165) is 25.7 Å². The van der Waals surface area contributed by atoms with E-state index in [4.69, 9.17) is 0 Å². The van der Waals surface area contributed by atoms with Gasteiger partial charge in [0.25, 0.3) is 0 Å². The molecule has 1 aromatic carbocycles. The summed E-state index contributed by atoms with van der Waals surface area (Å²) in [5, 5.41) is 0. The molecule has 0 aliphatic heterocycles. The van der Waals surface area contributed by atoms with Gasteiger partial charge in [-0.3, -0.25) is 9.59 Å². The van der Waals surface area contributed by atoms with Crippen molar-refractivity contribution in [1.29, 1.82) is 0 Å². The summed E-state index contributed by atoms with van der Waals surface area (Å²) in [4.78, 5) is 25.4. The number of hydrogen-bond donors (Lipinski definition) is 0. The summed E-state index contributed by atoms with van der Waals surface area (Å²) in [5.41, 5.74) is 7.67. The lowest BCUT2D eigenvalue weighted by molar-refractivity contribution is 0.0973. The minimum Gasteiger partial charge on any atom is -0.289 e. The Morgan fingerprint density at radius 3 is 1.97 bits per heavy atom. The van der Waals surface area contributed by atoms with Gasteiger partial charge < -0.3 is 0 Å². The van der Waals surface area contributed by atoms with Crippen molar-refractivity contribution in [2.75, 3.05) is 0 Å². The van der Waals surface area contributed by atoms with Crippen molar-refractivity contribution in [1.82, 2.24) is 0 Å². The van der Waals surface area contributed by atoms with Crippen molar-refractivity contribution in [3.63, 3.8) is 0 Å². The first kappa shape index (κ1) is 24.5. The van der Waals surface area contributed by atoms with E-state index in [-0.39, 0.29) is 11.6 Å². The van der Waals surface area contributed by atoms with E-state index in [1.807, 2.05) is 12.1 Å². The summed E-state index contributed by atoms with van der Waals surface area (Å²) in [6.45, 7) is 12.5. The second-order valence-corrected chi connectivity index (χ2v) is 8.89. The topological polar surface area (TPSA) is 34.1 Å². The van der Waals surface area contributed by atoms with Crippen LogP contribution in [0.3, 0.4) is 0 Å². The Kier molecular flexibility index (Phi) is 9.18. The Balaban J connectivity index is 1.92. The molecule has 2 rings (SSSR count). The minimum atomic E-state index is -0.0252. The Morgan fingerprint density at radius 2 is 1.32 bits per heavy atom. The van der Waals surface area contributed by atoms with Crippen LogP contribution < -0.4 is 0 Å². The molecule has 2 nitrogen and oxygen atoms in total. The number of fused-ring (bicyclic) bond motifs is 1. The first-order valence-electron chi connectivity index (χ1n) is 11.2. The van der Waals surface area contributed by atoms with Crippen molar-refractivity contribution in [3.05, 3.63) is 93.1 Å². The van der Waals surface area contributed by atoms with Gasteiger partial charge in [-0.2, -0.15) is 0 Å². The monoisotopic (exact) mass is 416 g/mol. The average molecular weight is 417 g/mol. The van der Waals surface area contributed by atoms with Crippen LogP contribution in [-0.2, 0) is 0 Å². The zero-order valence-electron chi connectivity index (χ0n) is 20.0. The van der Waals surface area contributed by atoms with Gasteiger partial charge in [-0.25, -0.2) is 0 Å². The molecule has 164 valence electrons. The fourth-order valence-corrected chi connectivity index (χ4v) is 3.59. The van der Waals surface area contributed by atoms with Gasteiger partial charge in [0.2, 0.25) is 0 Å². The number of rotatable bonds is 9. The number of ketones is 2. The fraction of sp³-hybridized carbons (Fsp3) is 0.379. The van der Waals surface area contributed by atoms with Crippen LogP contribution in [0.5, 0.6) is 0 Å². The van der Waals surface area contributed by atoms with E-state index in [9.17, 15) is 9.59 Å². The molecule has 2 heteroatoms. The summed E-state index contributed by atoms with van der Waals surface area (Å²) >= 11 is 0. The van der Waals surface area contributed by atoms with E-state index in [0.29, 0.717) is 28.7 Å². The van der Waals surface area contributed by atoms with Gasteiger partial charge in [-0.1, -0.05) is 70.9 Å². The van der Waals surface area contributed by atoms with Crippen LogP contribution in [-0.4, -0.2) is 11.6 Å². The van der Waals surface area contributed by atoms with Crippen LogP contribution in [0.2, 0.25) is 0 Å². The lowest BCUT2D eigenvalue weighted by Gasteiger charge is -2.18. The number of Topliss-reactive ketones (excluding diaryl/α,β-unsaturated/α-hetero) is 2. The Morgan fingerprint density at radius 1 is 0.742 bits per heavy atom. The number of allylic oxidation sites excluding steroid dienone is 10. The van der Waals surface area contributed by atoms with Crippen molar-refractivity contribution in [2.24, 2.45) is 0 Å². The summed E-state index contributed by atoms with van der Waals surface area (Å²) in [6.07, 6.45) is 13.5. The quantitative estimate of drug-likeness (QED) is 0.381. The first-order valence-corrected chi connectivity index (χ1v) is 11.2. The molecule has 31 heavy (non-hydrogen) atoms. The molecule has 0 bridgehead atoms. The van der Waals surface area contributed by atoms with Gasteiger partial charge >= 0.3 is 0 Å². The molecular weight excluding hydrogens is 380 g/mol. The second-order valence-electron chi connectivity index (χ2n) is 8.89. The van der Waals surface area contributed by atoms with E-state index in [1.165, 1.54) is 22.3 Å². The van der Waals surface area contributed by atoms with Crippen LogP contribution >= 0.6 is 0 Å². The highest BCUT2D eigenvalue weighted by atomic mass is 16.1. The summed E-state index contributed by atoms with van der Waals surface area (Å²) in [6, 6.07) is 7.12. The average Bonchev–Trinajstić information content (AvgIpc) is 2.74. The maximum atomic E-state index is 12.8. The number of carbonyl (C=O) groups is 2. The fourth-order valence-electron chi connectivity index (χ4n) is 3.59. The molecule has 0 saturated carbocycles. The Labute approximate surface area is 188 Å². The van der Waals surface area contributed by atoms with Gasteiger partial charge in [0.15, 0.2) is 11.6 Å². The molecular formula is C29H36O2. The Bertz CT molecular complexity index is 989. The van der Waals surface area contributed by atoms with E-state index >= 15 is 0 Å². The molecule has 0 spiro atoms. The molecule has 0 atom stereocenters. The highest BCUT2D eigenvalue weighted by molar-refractivity contribution is 6.26. The molecule has 0 aromatic heterocycles. The molecule has 0 fully saturated rings. The molecule has 1 aliphatic carbocycles. The smallest absolute Gasteiger partial charge is 0.190 e. The standard InChI is InChI=1S/C29H36O2/c1-20(2)14-15-23(5)17-16-21(3)10-9-11-22(4)18-19-25-24(6)28(30)26-12-7-8-13-27(26)29(25)31/h7-8,10,12-14,17-18H,9,11,15-16,19H2,1-6H3/b21-10-,22-18+,23-17+. The van der Waals surface area contributed by atoms with E-state index in [2.05, 4.69) is 58.9 Å². The molecule has 0 amide bonds. The first-order chi connectivity index (χ1) is 14.7. The zero-order chi connectivity index (χ0) is 23.0. The summed E-state index contributed by atoms with van der Waals surface area (Å²) in [5.74, 6) is -0.0366. The molecule has 0 heterocycles. The minimum absolute atomic E-state index is 0.0113. The summed E-state index contributed by atoms with van der Waals surface area (Å²) < 4.78 is 0. The van der Waals surface area contributed by atoms with Crippen molar-refractivity contribution >= 4 is 11.6 Å². The number of benzene rings is 1. The highest BCUT2D eigenvalue weighted by Crippen LogP contribution is 2.28. The molecule has 0 saturated heterocycles. The maximum Gasteiger partial charge on any atom is 0.190 e. The van der Waals surface area contributed by atoms with Crippen molar-refractivity contribution in [3.8, 4) is 0 Å². The third-order valence-electron chi connectivity index (χ3n) is 5.77. The van der Waals surface area contributed by atoms with Crippen LogP contribution in [0.15, 0.2) is 82.0 Å². The molecule has 0 unspecified atom stereocenters. The highest BCUT2D eigenvalue weighted by Gasteiger charge is 2.28. The maximum absolute atomic E-state index is 12.8. The predicted octanol–water partition coefficient (Wildman–Crippen LogP) is 8.14. The van der Waals surface area contributed by atoms with Crippen molar-refractivity contribution < 1.29 is 9.59 Å². The molecule has 0 N–H and O–H groups in total. The van der Waals surface area contributed by atoms with Crippen molar-refractivity contribution in [2.45, 2.75) is 73.6 Å². The van der Waals surface area contributed by atoms with Gasteiger partial charge in [-0.05, 0) is 73.6 Å². The number of hydrogen-bond acceptors (Lipinski definition) is 2. The van der Waals surface area contributed by atoms with E-state index < -0.39 is 0 Å². The zero-order valence-corrected chi connectivity index (χ0v) is 20.0. The largest absolute Gasteiger partial charge is 0.289 e. The van der Waals surface area contributed by atoms with E-state index in [1.54, 1.807) is 19.1 Å². The third-order valence-corrected chi connectivity index (χ3v) is 5.77. The number of carbonyl (C=O) groups excluding carboxylic acids is 2. The van der Waals surface area contributed by atoms with Crippen LogP contribution in [0, 0.1) is 0 Å². The SMILES string of the molecule is CC(C)=CC/C(C)=C/C/C(C)=C\CC/C(C)=C/CC1=C(C)C(=O)c2ccccc2C1=O. The van der Waals surface area contributed by atoms with Gasteiger partial charge in [0.05, 0.1) is 0 Å². The lowest BCUT2D eigenvalue weighted by atomic mass is 9.83.